The van der Waals surface area contributed by atoms with E-state index in [9.17, 15) is 0 Å². The summed E-state index contributed by atoms with van der Waals surface area (Å²) in [7, 11) is 0. The highest BCUT2D eigenvalue weighted by molar-refractivity contribution is 8.00. The number of anilines is 9. The van der Waals surface area contributed by atoms with E-state index >= 15 is 0 Å². The van der Waals surface area contributed by atoms with E-state index in [1.807, 2.05) is 11.8 Å². The van der Waals surface area contributed by atoms with Crippen LogP contribution < -0.4 is 47.5 Å². The van der Waals surface area contributed by atoms with Crippen molar-refractivity contribution in [1.29, 1.82) is 0 Å². The van der Waals surface area contributed by atoms with Crippen molar-refractivity contribution in [2.75, 3.05) is 14.7 Å². The van der Waals surface area contributed by atoms with Gasteiger partial charge in [0.1, 0.15) is 0 Å². The third-order valence-corrected chi connectivity index (χ3v) is 15.8. The van der Waals surface area contributed by atoms with E-state index in [4.69, 9.17) is 0 Å². The van der Waals surface area contributed by atoms with Gasteiger partial charge in [-0.3, -0.25) is 0 Å². The maximum absolute atomic E-state index is 2.65. The van der Waals surface area contributed by atoms with Crippen LogP contribution >= 0.6 is 11.8 Å². The molecule has 0 radical (unpaired) electrons. The third-order valence-electron chi connectivity index (χ3n) is 14.7. The molecule has 0 aliphatic carbocycles. The number of hydrogen-bond acceptors (Lipinski definition) is 4. The van der Waals surface area contributed by atoms with Crippen LogP contribution in [0.4, 0.5) is 51.2 Å². The monoisotopic (exact) mass is 907 g/mol. The summed E-state index contributed by atoms with van der Waals surface area (Å²) >= 11 is 1.93. The lowest BCUT2D eigenvalue weighted by molar-refractivity contribution is 0.812. The number of rotatable bonds is 9. The molecule has 9 aromatic carbocycles. The molecule has 0 N–H and O–H groups in total. The molecule has 3 aliphatic rings. The van der Waals surface area contributed by atoms with Gasteiger partial charge in [0.15, 0.2) is 0 Å². The third kappa shape index (κ3) is 7.22. The zero-order chi connectivity index (χ0) is 46.9. The molecule has 69 heavy (non-hydrogen) atoms. The van der Waals surface area contributed by atoms with Crippen LogP contribution in [0.15, 0.2) is 216 Å². The summed E-state index contributed by atoms with van der Waals surface area (Å²) < 4.78 is 0. The average Bonchev–Trinajstić information content (AvgIpc) is 3.38. The predicted octanol–water partition coefficient (Wildman–Crippen LogP) is 13.6. The Balaban J connectivity index is 1.17. The van der Waals surface area contributed by atoms with Gasteiger partial charge in [-0.1, -0.05) is 186 Å². The first-order valence-electron chi connectivity index (χ1n) is 24.7. The first-order valence-corrected chi connectivity index (χ1v) is 25.6. The Kier molecular flexibility index (Phi) is 10.9. The van der Waals surface area contributed by atoms with E-state index in [1.54, 1.807) is 0 Å². The van der Waals surface area contributed by atoms with Gasteiger partial charge < -0.3 is 14.7 Å². The second-order valence-electron chi connectivity index (χ2n) is 19.8. The Labute approximate surface area is 413 Å². The molecule has 6 heteroatoms. The molecule has 0 bridgehead atoms. The smallest absolute Gasteiger partial charge is 0.249 e. The van der Waals surface area contributed by atoms with Crippen molar-refractivity contribution in [3.8, 4) is 0 Å². The standard InChI is InChI=1S/C63H55B2N3S/c1-41(2)44-36-50(42(3)4)62(51(37-44)43(5)6)64-53-35-34-49(66(45-22-11-7-12-23-45)46-24-13-8-14-25-46)38-58(53)68(48-28-17-10-18-29-48)59-40-61-55(39-54(59)64)65-52-30-19-20-31-56(52)67(47-26-15-9-16-27-47)57-32-21-33-60(69-61)63(57)65/h7-43H,1-6H3. The van der Waals surface area contributed by atoms with Crippen molar-refractivity contribution >= 4 is 109 Å². The molecular weight excluding hydrogens is 852 g/mol. The molecule has 3 aliphatic heterocycles. The van der Waals surface area contributed by atoms with E-state index < -0.39 is 0 Å². The van der Waals surface area contributed by atoms with Gasteiger partial charge in [0, 0.05) is 61.0 Å². The lowest BCUT2D eigenvalue weighted by Gasteiger charge is -2.43. The molecule has 12 rings (SSSR count). The largest absolute Gasteiger partial charge is 0.311 e. The molecular formula is C63H55B2N3S. The van der Waals surface area contributed by atoms with Crippen LogP contribution in [-0.2, 0) is 0 Å². The maximum atomic E-state index is 2.65. The Hall–Kier alpha value is -7.14. The molecule has 0 fully saturated rings. The molecule has 3 heterocycles. The normalized spacial score (nSPS) is 13.3. The summed E-state index contributed by atoms with van der Waals surface area (Å²) in [5, 5.41) is 0. The van der Waals surface area contributed by atoms with Crippen LogP contribution in [0, 0.1) is 0 Å². The van der Waals surface area contributed by atoms with Gasteiger partial charge in [0.05, 0.1) is 0 Å². The van der Waals surface area contributed by atoms with Gasteiger partial charge in [0.2, 0.25) is 13.4 Å². The highest BCUT2D eigenvalue weighted by atomic mass is 32.2. The fourth-order valence-electron chi connectivity index (χ4n) is 11.5. The first-order chi connectivity index (χ1) is 33.7. The van der Waals surface area contributed by atoms with Crippen LogP contribution in [0.5, 0.6) is 0 Å². The Morgan fingerprint density at radius 3 is 1.46 bits per heavy atom. The van der Waals surface area contributed by atoms with E-state index in [0.29, 0.717) is 17.8 Å². The van der Waals surface area contributed by atoms with Crippen molar-refractivity contribution in [1.82, 2.24) is 0 Å². The minimum absolute atomic E-state index is 0.0338. The van der Waals surface area contributed by atoms with Gasteiger partial charge >= 0.3 is 0 Å². The summed E-state index contributed by atoms with van der Waals surface area (Å²) in [5.74, 6) is 1.05. The van der Waals surface area contributed by atoms with Crippen LogP contribution in [0.2, 0.25) is 0 Å². The molecule has 0 amide bonds. The van der Waals surface area contributed by atoms with E-state index in [2.05, 4.69) is 262 Å². The molecule has 0 spiro atoms. The van der Waals surface area contributed by atoms with Crippen LogP contribution in [-0.4, -0.2) is 13.4 Å². The van der Waals surface area contributed by atoms with Crippen molar-refractivity contribution in [3.63, 3.8) is 0 Å². The fraction of sp³-hybridized carbons (Fsp3) is 0.143. The van der Waals surface area contributed by atoms with Crippen LogP contribution in [0.25, 0.3) is 0 Å². The van der Waals surface area contributed by atoms with Crippen molar-refractivity contribution in [2.24, 2.45) is 0 Å². The summed E-state index contributed by atoms with van der Waals surface area (Å²) in [6, 6.07) is 77.3. The predicted molar refractivity (Wildman–Crippen MR) is 299 cm³/mol. The van der Waals surface area contributed by atoms with Gasteiger partial charge in [0.25, 0.3) is 0 Å². The van der Waals surface area contributed by atoms with Gasteiger partial charge in [-0.15, -0.1) is 0 Å². The molecule has 3 nitrogen and oxygen atoms in total. The van der Waals surface area contributed by atoms with E-state index in [-0.39, 0.29) is 13.4 Å². The second-order valence-corrected chi connectivity index (χ2v) is 20.9. The van der Waals surface area contributed by atoms with E-state index in [1.165, 1.54) is 87.7 Å². The molecule has 0 saturated carbocycles. The Bertz CT molecular complexity index is 3310. The zero-order valence-electron chi connectivity index (χ0n) is 40.3. The fourth-order valence-corrected chi connectivity index (χ4v) is 12.7. The summed E-state index contributed by atoms with van der Waals surface area (Å²) in [4.78, 5) is 10.1. The second kappa shape index (κ2) is 17.4. The first kappa shape index (κ1) is 43.2. The number of nitrogens with zero attached hydrogens (tertiary/aromatic N) is 3. The van der Waals surface area contributed by atoms with Crippen LogP contribution in [0.1, 0.15) is 76.0 Å². The Morgan fingerprint density at radius 2 is 0.870 bits per heavy atom. The SMILES string of the molecule is CC(C)c1cc(C(C)C)c(B2c3ccc(N(c4ccccc4)c4ccccc4)cc3N(c3ccccc3)c3cc4c(cc32)B2c3ccccc3N(c3ccccc3)c3cccc(c32)S4)c(C(C)C)c1. The lowest BCUT2D eigenvalue weighted by Crippen LogP contribution is -2.63. The highest BCUT2D eigenvalue weighted by Crippen LogP contribution is 2.46. The molecule has 0 saturated heterocycles. The van der Waals surface area contributed by atoms with Crippen molar-refractivity contribution in [2.45, 2.75) is 69.1 Å². The average molecular weight is 908 g/mol. The Morgan fingerprint density at radius 1 is 0.362 bits per heavy atom. The molecule has 0 atom stereocenters. The van der Waals surface area contributed by atoms with Crippen molar-refractivity contribution < 1.29 is 0 Å². The summed E-state index contributed by atoms with van der Waals surface area (Å²) in [6.07, 6.45) is 0. The maximum Gasteiger partial charge on any atom is 0.249 e. The number of benzene rings is 9. The molecule has 9 aromatic rings. The minimum Gasteiger partial charge on any atom is -0.311 e. The van der Waals surface area contributed by atoms with Crippen molar-refractivity contribution in [3.05, 3.63) is 223 Å². The molecule has 0 aromatic heterocycles. The topological polar surface area (TPSA) is 9.72 Å². The van der Waals surface area contributed by atoms with Gasteiger partial charge in [-0.05, 0) is 141 Å². The number of para-hydroxylation sites is 5. The molecule has 334 valence electrons. The zero-order valence-corrected chi connectivity index (χ0v) is 41.1. The quantitative estimate of drug-likeness (QED) is 0.133. The lowest BCUT2D eigenvalue weighted by atomic mass is 9.31. The highest BCUT2D eigenvalue weighted by Gasteiger charge is 2.45. The minimum atomic E-state index is -0.0338. The van der Waals surface area contributed by atoms with Crippen LogP contribution in [0.3, 0.4) is 0 Å². The number of fused-ring (bicyclic) bond motifs is 6. The van der Waals surface area contributed by atoms with E-state index in [0.717, 1.165) is 22.7 Å². The summed E-state index contributed by atoms with van der Waals surface area (Å²) in [5.41, 5.74) is 23.2. The van der Waals surface area contributed by atoms with Gasteiger partial charge in [-0.2, -0.15) is 0 Å². The summed E-state index contributed by atoms with van der Waals surface area (Å²) in [6.45, 7) is 14.3. The van der Waals surface area contributed by atoms with Gasteiger partial charge in [-0.25, -0.2) is 0 Å². The molecule has 0 unspecified atom stereocenters. The number of hydrogen-bond donors (Lipinski definition) is 0.